The summed E-state index contributed by atoms with van der Waals surface area (Å²) in [5.74, 6) is 0. The summed E-state index contributed by atoms with van der Waals surface area (Å²) in [4.78, 5) is 5.43. The Kier molecular flexibility index (Phi) is 6.19. The average Bonchev–Trinajstić information content (AvgIpc) is 2.86. The molecule has 0 aliphatic carbocycles. The Morgan fingerprint density at radius 1 is 1.50 bits per heavy atom. The third-order valence-corrected chi connectivity index (χ3v) is 5.64. The van der Waals surface area contributed by atoms with Gasteiger partial charge in [-0.1, -0.05) is 23.7 Å². The fourth-order valence-corrected chi connectivity index (χ4v) is 4.26. The molecular weight excluding hydrogens is 328 g/mol. The van der Waals surface area contributed by atoms with E-state index in [0.717, 1.165) is 5.56 Å². The van der Waals surface area contributed by atoms with Gasteiger partial charge in [-0.05, 0) is 24.1 Å². The first-order valence-corrected chi connectivity index (χ1v) is 8.97. The lowest BCUT2D eigenvalue weighted by Gasteiger charge is -2.23. The van der Waals surface area contributed by atoms with Crippen LogP contribution in [-0.4, -0.2) is 52.6 Å². The summed E-state index contributed by atoms with van der Waals surface area (Å²) in [7, 11) is -0.184. The van der Waals surface area contributed by atoms with Crippen molar-refractivity contribution < 1.29 is 18.0 Å². The van der Waals surface area contributed by atoms with Crippen LogP contribution in [0.15, 0.2) is 24.3 Å². The highest BCUT2D eigenvalue weighted by Gasteiger charge is 2.42. The second kappa shape index (κ2) is 7.72. The van der Waals surface area contributed by atoms with E-state index in [1.165, 1.54) is 0 Å². The predicted octanol–water partition coefficient (Wildman–Crippen LogP) is 1.58. The van der Waals surface area contributed by atoms with Gasteiger partial charge >= 0.3 is 0 Å². The molecule has 1 aliphatic rings. The molecule has 6 nitrogen and oxygen atoms in total. The maximum atomic E-state index is 12.5. The third kappa shape index (κ3) is 4.18. The molecule has 0 amide bonds. The molecule has 124 valence electrons. The van der Waals surface area contributed by atoms with Crippen LogP contribution in [0.3, 0.4) is 0 Å². The summed E-state index contributed by atoms with van der Waals surface area (Å²) in [6, 6.07) is 6.80. The van der Waals surface area contributed by atoms with Gasteiger partial charge in [0.15, 0.2) is 0 Å². The van der Waals surface area contributed by atoms with Crippen LogP contribution >= 0.6 is 11.6 Å². The van der Waals surface area contributed by atoms with Gasteiger partial charge in [0.25, 0.3) is 0 Å². The molecule has 0 saturated carbocycles. The first-order valence-electron chi connectivity index (χ1n) is 7.04. The molecule has 1 aliphatic heterocycles. The van der Waals surface area contributed by atoms with E-state index >= 15 is 0 Å². The van der Waals surface area contributed by atoms with E-state index < -0.39 is 21.3 Å². The van der Waals surface area contributed by atoms with Gasteiger partial charge < -0.3 is 4.74 Å². The molecule has 0 spiro atoms. The number of methoxy groups -OCH3 is 1. The minimum atomic E-state index is -3.50. The SMILES string of the molecule is COCCCNS(=O)(=O)C1CON(C)C1c1cccc(Cl)c1. The normalized spacial score (nSPS) is 23.0. The molecule has 0 aromatic heterocycles. The number of ether oxygens (including phenoxy) is 1. The summed E-state index contributed by atoms with van der Waals surface area (Å²) in [6.07, 6.45) is 0.626. The quantitative estimate of drug-likeness (QED) is 0.758. The van der Waals surface area contributed by atoms with E-state index in [0.29, 0.717) is 24.6 Å². The molecule has 0 radical (unpaired) electrons. The zero-order valence-electron chi connectivity index (χ0n) is 12.7. The van der Waals surface area contributed by atoms with Crippen molar-refractivity contribution in [3.8, 4) is 0 Å². The van der Waals surface area contributed by atoms with Gasteiger partial charge in [-0.15, -0.1) is 0 Å². The molecule has 1 N–H and O–H groups in total. The summed E-state index contributed by atoms with van der Waals surface area (Å²) in [5.41, 5.74) is 0.819. The lowest BCUT2D eigenvalue weighted by Crippen LogP contribution is -2.39. The van der Waals surface area contributed by atoms with Gasteiger partial charge in [0, 0.05) is 32.3 Å². The Balaban J connectivity index is 2.14. The van der Waals surface area contributed by atoms with Crippen molar-refractivity contribution in [2.75, 3.05) is 33.9 Å². The number of hydrogen-bond donors (Lipinski definition) is 1. The molecule has 0 bridgehead atoms. The molecule has 2 rings (SSSR count). The monoisotopic (exact) mass is 348 g/mol. The van der Waals surface area contributed by atoms with Crippen molar-refractivity contribution in [1.29, 1.82) is 0 Å². The highest BCUT2D eigenvalue weighted by Crippen LogP contribution is 2.34. The van der Waals surface area contributed by atoms with Crippen LogP contribution in [0.1, 0.15) is 18.0 Å². The fraction of sp³-hybridized carbons (Fsp3) is 0.571. The molecule has 8 heteroatoms. The van der Waals surface area contributed by atoms with Crippen LogP contribution < -0.4 is 4.72 Å². The number of hydroxylamine groups is 2. The van der Waals surface area contributed by atoms with Gasteiger partial charge in [-0.3, -0.25) is 4.84 Å². The minimum Gasteiger partial charge on any atom is -0.385 e. The maximum Gasteiger partial charge on any atom is 0.218 e. The zero-order valence-corrected chi connectivity index (χ0v) is 14.2. The van der Waals surface area contributed by atoms with Crippen molar-refractivity contribution in [2.24, 2.45) is 0 Å². The van der Waals surface area contributed by atoms with Crippen LogP contribution in [0.5, 0.6) is 0 Å². The lowest BCUT2D eigenvalue weighted by atomic mass is 10.0. The molecule has 1 saturated heterocycles. The first kappa shape index (κ1) is 17.7. The molecule has 2 atom stereocenters. The lowest BCUT2D eigenvalue weighted by molar-refractivity contribution is -0.110. The van der Waals surface area contributed by atoms with E-state index in [9.17, 15) is 8.42 Å². The number of benzene rings is 1. The summed E-state index contributed by atoms with van der Waals surface area (Å²) >= 11 is 6.01. The Hall–Kier alpha value is -0.700. The Bertz CT molecular complexity index is 596. The maximum absolute atomic E-state index is 12.5. The number of hydrogen-bond acceptors (Lipinski definition) is 5. The van der Waals surface area contributed by atoms with Crippen LogP contribution in [0, 0.1) is 0 Å². The molecule has 22 heavy (non-hydrogen) atoms. The molecule has 2 unspecified atom stereocenters. The fourth-order valence-electron chi connectivity index (χ4n) is 2.51. The predicted molar refractivity (Wildman–Crippen MR) is 85.1 cm³/mol. The second-order valence-electron chi connectivity index (χ2n) is 5.17. The first-order chi connectivity index (χ1) is 10.5. The van der Waals surface area contributed by atoms with Gasteiger partial charge in [-0.25, -0.2) is 13.1 Å². The van der Waals surface area contributed by atoms with Crippen molar-refractivity contribution in [1.82, 2.24) is 9.79 Å². The van der Waals surface area contributed by atoms with Crippen LogP contribution in [0.25, 0.3) is 0 Å². The molecule has 1 fully saturated rings. The molecule has 1 heterocycles. The Morgan fingerprint density at radius 3 is 2.95 bits per heavy atom. The number of sulfonamides is 1. The van der Waals surface area contributed by atoms with Crippen molar-refractivity contribution >= 4 is 21.6 Å². The number of nitrogens with zero attached hydrogens (tertiary/aromatic N) is 1. The van der Waals surface area contributed by atoms with Crippen molar-refractivity contribution in [3.05, 3.63) is 34.9 Å². The standard InChI is InChI=1S/C14H21ClN2O4S/c1-17-14(11-5-3-6-12(15)9-11)13(10-21-17)22(18,19)16-7-4-8-20-2/h3,5-6,9,13-14,16H,4,7-8,10H2,1-2H3. The average molecular weight is 349 g/mol. The van der Waals surface area contributed by atoms with E-state index in [1.807, 2.05) is 6.07 Å². The van der Waals surface area contributed by atoms with Gasteiger partial charge in [-0.2, -0.15) is 5.06 Å². The van der Waals surface area contributed by atoms with Crippen LogP contribution in [0.4, 0.5) is 0 Å². The van der Waals surface area contributed by atoms with Gasteiger partial charge in [0.05, 0.1) is 12.6 Å². The smallest absolute Gasteiger partial charge is 0.218 e. The van der Waals surface area contributed by atoms with E-state index in [-0.39, 0.29) is 6.61 Å². The van der Waals surface area contributed by atoms with Crippen LogP contribution in [-0.2, 0) is 19.6 Å². The van der Waals surface area contributed by atoms with Gasteiger partial charge in [0.1, 0.15) is 5.25 Å². The number of rotatable bonds is 7. The van der Waals surface area contributed by atoms with Crippen molar-refractivity contribution in [2.45, 2.75) is 17.7 Å². The van der Waals surface area contributed by atoms with E-state index in [4.69, 9.17) is 21.2 Å². The number of nitrogens with one attached hydrogen (secondary N) is 1. The van der Waals surface area contributed by atoms with Crippen molar-refractivity contribution in [3.63, 3.8) is 0 Å². The highest BCUT2D eigenvalue weighted by molar-refractivity contribution is 7.90. The number of halogens is 1. The van der Waals surface area contributed by atoms with E-state index in [2.05, 4.69) is 4.72 Å². The molecular formula is C14H21ClN2O4S. The summed E-state index contributed by atoms with van der Waals surface area (Å²) < 4.78 is 32.6. The zero-order chi connectivity index (χ0) is 16.2. The topological polar surface area (TPSA) is 67.9 Å². The summed E-state index contributed by atoms with van der Waals surface area (Å²) in [6.45, 7) is 0.979. The minimum absolute atomic E-state index is 0.118. The van der Waals surface area contributed by atoms with Gasteiger partial charge in [0.2, 0.25) is 10.0 Å². The van der Waals surface area contributed by atoms with E-state index in [1.54, 1.807) is 37.4 Å². The second-order valence-corrected chi connectivity index (χ2v) is 7.59. The Labute approximate surface area is 136 Å². The largest absolute Gasteiger partial charge is 0.385 e. The summed E-state index contributed by atoms with van der Waals surface area (Å²) in [5, 5.41) is 1.46. The third-order valence-electron chi connectivity index (χ3n) is 3.60. The highest BCUT2D eigenvalue weighted by atomic mass is 35.5. The molecule has 1 aromatic rings. The molecule has 1 aromatic carbocycles. The van der Waals surface area contributed by atoms with Crippen LogP contribution in [0.2, 0.25) is 5.02 Å². The Morgan fingerprint density at radius 2 is 2.27 bits per heavy atom.